The maximum atomic E-state index is 13.8. The minimum Gasteiger partial charge on any atom is -0.457 e. The number of amides is 1. The molecule has 1 aromatic rings. The van der Waals surface area contributed by atoms with Gasteiger partial charge in [-0.15, -0.1) is 0 Å². The highest BCUT2D eigenvalue weighted by Gasteiger charge is 2.66. The van der Waals surface area contributed by atoms with E-state index in [4.69, 9.17) is 55.7 Å². The molecule has 0 saturated carbocycles. The van der Waals surface area contributed by atoms with Crippen LogP contribution < -0.4 is 16.6 Å². The summed E-state index contributed by atoms with van der Waals surface area (Å²) < 4.78 is 78.6. The van der Waals surface area contributed by atoms with E-state index in [2.05, 4.69) is 5.32 Å². The van der Waals surface area contributed by atoms with E-state index in [-0.39, 0.29) is 19.6 Å². The number of ether oxygens (including phenoxy) is 5. The molecule has 3 N–H and O–H groups in total. The van der Waals surface area contributed by atoms with Crippen molar-refractivity contribution in [2.45, 2.75) is 141 Å². The molecule has 60 heavy (non-hydrogen) atoms. The highest BCUT2D eigenvalue weighted by atomic mass is 31.3. The van der Waals surface area contributed by atoms with Crippen LogP contribution in [0.1, 0.15) is 81.9 Å². The van der Waals surface area contributed by atoms with E-state index < -0.39 is 132 Å². The summed E-state index contributed by atoms with van der Waals surface area (Å²) in [5, 5.41) is 10.7. The van der Waals surface area contributed by atoms with Gasteiger partial charge in [-0.25, -0.2) is 13.7 Å². The predicted octanol–water partition coefficient (Wildman–Crippen LogP) is 2.22. The largest absolute Gasteiger partial charge is 0.481 e. The Morgan fingerprint density at radius 2 is 1.58 bits per heavy atom. The van der Waals surface area contributed by atoms with Gasteiger partial charge >= 0.3 is 48.6 Å². The molecule has 3 aliphatic rings. The topological polar surface area (TPSA) is 298 Å². The minimum absolute atomic E-state index is 0.106. The van der Waals surface area contributed by atoms with Gasteiger partial charge in [-0.1, -0.05) is 41.5 Å². The first-order chi connectivity index (χ1) is 27.8. The fourth-order valence-corrected chi connectivity index (χ4v) is 14.5. The molecule has 2 unspecified atom stereocenters. The molecule has 0 aromatic carbocycles. The van der Waals surface area contributed by atoms with Gasteiger partial charge in [0.25, 0.3) is 5.56 Å². The first-order valence-corrected chi connectivity index (χ1v) is 23.1. The number of carbonyl (C=O) groups excluding carboxylic acids is 4. The van der Waals surface area contributed by atoms with Gasteiger partial charge in [-0.2, -0.15) is 5.26 Å². The van der Waals surface area contributed by atoms with Gasteiger partial charge < -0.3 is 51.8 Å². The molecule has 0 aliphatic carbocycles. The van der Waals surface area contributed by atoms with Crippen LogP contribution in [-0.4, -0.2) is 116 Å². The van der Waals surface area contributed by atoms with Crippen LogP contribution >= 0.6 is 16.4 Å². The van der Waals surface area contributed by atoms with E-state index in [1.165, 1.54) is 0 Å². The number of nitrogens with zero attached hydrogens (tertiary/aromatic N) is 2. The third-order valence-corrected chi connectivity index (χ3v) is 16.9. The molecule has 4 heterocycles. The van der Waals surface area contributed by atoms with Crippen LogP contribution in [0.15, 0.2) is 21.9 Å². The average Bonchev–Trinajstić information content (AvgIpc) is 3.41. The number of nitrogens with one attached hydrogen (secondary N) is 2. The monoisotopic (exact) mass is 910 g/mol. The highest BCUT2D eigenvalue weighted by molar-refractivity contribution is 7.58. The minimum atomic E-state index is -5.40. The standard InChI is InChI=1S/C34H52N4O19P2Si/c1-18(39)36-25-28(51-20(3)41)27-23(17-49-60(56-27,33(5,6)7)34(8,9)10)54-31(25)55-59(45,46)57-58(47-15-11-13-35)48-16-22-26(50-19(2)40)29(52-21(4)42)30(53-22)38-14-12-24(43)37-32(38)44/h12,14,22-23,25-31H,11,15-17H2,1-10H3,(H,36,39)(H,45,46)(H,37,43,44)/t22-,23-,25-,26-,27-,28-,29-,30-,31-,58?/m1/s1. The highest BCUT2D eigenvalue weighted by Crippen LogP contribution is 2.60. The number of aromatic nitrogens is 2. The molecule has 0 spiro atoms. The lowest BCUT2D eigenvalue weighted by molar-refractivity contribution is -0.264. The lowest BCUT2D eigenvalue weighted by Crippen LogP contribution is -2.73. The number of phosphoric ester groups is 1. The lowest BCUT2D eigenvalue weighted by atomic mass is 9.96. The quantitative estimate of drug-likeness (QED) is 0.0747. The van der Waals surface area contributed by atoms with Crippen LogP contribution in [0, 0.1) is 11.3 Å². The number of H-pyrrole nitrogens is 1. The molecule has 4 rings (SSSR count). The second-order valence-electron chi connectivity index (χ2n) is 16.0. The van der Waals surface area contributed by atoms with E-state index in [1.807, 2.05) is 52.6 Å². The van der Waals surface area contributed by atoms with E-state index in [1.54, 1.807) is 0 Å². The van der Waals surface area contributed by atoms with Crippen molar-refractivity contribution in [1.82, 2.24) is 14.9 Å². The first kappa shape index (κ1) is 49.2. The summed E-state index contributed by atoms with van der Waals surface area (Å²) in [5.41, 5.74) is -1.70. The third-order valence-electron chi connectivity index (χ3n) is 9.22. The molecule has 11 atom stereocenters. The van der Waals surface area contributed by atoms with Gasteiger partial charge in [0.05, 0.1) is 32.3 Å². The van der Waals surface area contributed by atoms with Crippen LogP contribution in [-0.2, 0) is 74.2 Å². The number of carbonyl (C=O) groups is 4. The zero-order chi connectivity index (χ0) is 45.0. The van der Waals surface area contributed by atoms with Gasteiger partial charge in [-0.3, -0.25) is 38.0 Å². The maximum absolute atomic E-state index is 13.8. The molecule has 0 radical (unpaired) electrons. The number of nitriles is 1. The zero-order valence-electron chi connectivity index (χ0n) is 34.8. The van der Waals surface area contributed by atoms with Crippen LogP contribution in [0.2, 0.25) is 10.1 Å². The molecular formula is C34H52N4O19P2Si. The van der Waals surface area contributed by atoms with E-state index in [0.29, 0.717) is 0 Å². The number of phosphoric acid groups is 1. The number of esters is 3. The van der Waals surface area contributed by atoms with Gasteiger partial charge in [0.1, 0.15) is 24.4 Å². The number of rotatable bonds is 15. The molecule has 3 aliphatic heterocycles. The van der Waals surface area contributed by atoms with E-state index in [0.717, 1.165) is 44.5 Å². The third kappa shape index (κ3) is 11.9. The summed E-state index contributed by atoms with van der Waals surface area (Å²) >= 11 is 0. The van der Waals surface area contributed by atoms with E-state index in [9.17, 15) is 38.2 Å². The summed E-state index contributed by atoms with van der Waals surface area (Å²) in [5.74, 6) is -3.12. The average molecular weight is 911 g/mol. The van der Waals surface area contributed by atoms with Crippen molar-refractivity contribution in [2.75, 3.05) is 19.8 Å². The Labute approximate surface area is 347 Å². The molecule has 23 nitrogen and oxygen atoms in total. The molecule has 3 fully saturated rings. The second-order valence-corrected chi connectivity index (χ2v) is 23.5. The number of hydrogen-bond acceptors (Lipinski definition) is 19. The van der Waals surface area contributed by atoms with Crippen LogP contribution in [0.4, 0.5) is 0 Å². The fraction of sp³-hybridized carbons (Fsp3) is 0.735. The fourth-order valence-electron chi connectivity index (χ4n) is 7.29. The first-order valence-electron chi connectivity index (χ1n) is 18.7. The van der Waals surface area contributed by atoms with Crippen molar-refractivity contribution in [3.8, 4) is 6.07 Å². The molecular weight excluding hydrogens is 858 g/mol. The Hall–Kier alpha value is -3.43. The van der Waals surface area contributed by atoms with Gasteiger partial charge in [0, 0.05) is 50.0 Å². The summed E-state index contributed by atoms with van der Waals surface area (Å²) in [7, 11) is -11.6. The van der Waals surface area contributed by atoms with Crippen molar-refractivity contribution < 1.29 is 79.1 Å². The molecule has 1 amide bonds. The Morgan fingerprint density at radius 3 is 2.13 bits per heavy atom. The SMILES string of the molecule is CC(=O)N[C@H]1[C@@H](OP(=O)(O)OP(OCCC#N)OC[C@H]2O[C@@H](n3ccc(=O)[nH]c3=O)[C@H](OC(C)=O)[C@@H]2OC(C)=O)O[C@@H]2CO[Si](C(C)(C)C)(C(C)(C)C)O[C@H]2[C@@H]1OC(C)=O. The molecule has 336 valence electrons. The van der Waals surface area contributed by atoms with Crippen molar-refractivity contribution >= 4 is 48.8 Å². The molecule has 0 bridgehead atoms. The Balaban J connectivity index is 1.62. The van der Waals surface area contributed by atoms with Gasteiger partial charge in [0.2, 0.25) is 5.91 Å². The van der Waals surface area contributed by atoms with E-state index >= 15 is 0 Å². The number of hydrogen-bond donors (Lipinski definition) is 3. The van der Waals surface area contributed by atoms with Crippen molar-refractivity contribution in [3.63, 3.8) is 0 Å². The number of aromatic amines is 1. The van der Waals surface area contributed by atoms with Crippen molar-refractivity contribution in [1.29, 1.82) is 5.26 Å². The van der Waals surface area contributed by atoms with Crippen molar-refractivity contribution in [3.05, 3.63) is 33.1 Å². The normalized spacial score (nSPS) is 29.2. The summed E-state index contributed by atoms with van der Waals surface area (Å²) in [6.07, 6.45) is -10.2. The molecule has 1 aromatic heterocycles. The summed E-state index contributed by atoms with van der Waals surface area (Å²) in [6.45, 7) is 15.0. The Bertz CT molecular complexity index is 1930. The predicted molar refractivity (Wildman–Crippen MR) is 205 cm³/mol. The maximum Gasteiger partial charge on any atom is 0.481 e. The van der Waals surface area contributed by atoms with Crippen molar-refractivity contribution in [2.24, 2.45) is 0 Å². The zero-order valence-corrected chi connectivity index (χ0v) is 37.6. The lowest BCUT2D eigenvalue weighted by Gasteiger charge is -2.57. The van der Waals surface area contributed by atoms with Gasteiger partial charge in [0.15, 0.2) is 30.8 Å². The number of fused-ring (bicyclic) bond motifs is 1. The molecule has 3 saturated heterocycles. The molecule has 26 heteroatoms. The van der Waals surface area contributed by atoms with Crippen LogP contribution in [0.25, 0.3) is 0 Å². The second kappa shape index (κ2) is 19.7. The Kier molecular flexibility index (Phi) is 16.2. The van der Waals surface area contributed by atoms with Crippen LogP contribution in [0.3, 0.4) is 0 Å². The van der Waals surface area contributed by atoms with Crippen LogP contribution in [0.5, 0.6) is 0 Å². The smallest absolute Gasteiger partial charge is 0.457 e. The Morgan fingerprint density at radius 1 is 0.983 bits per heavy atom. The summed E-state index contributed by atoms with van der Waals surface area (Å²) in [6, 6.07) is 1.38. The van der Waals surface area contributed by atoms with Gasteiger partial charge in [-0.05, 0) is 0 Å². The summed E-state index contributed by atoms with van der Waals surface area (Å²) in [4.78, 5) is 87.1.